The molecule has 0 unspecified atom stereocenters. The van der Waals surface area contributed by atoms with E-state index in [1.54, 1.807) is 0 Å². The number of benzene rings is 4. The first-order valence-electron chi connectivity index (χ1n) is 9.22. The Bertz CT molecular complexity index is 912. The molecule has 2 aliphatic rings. The summed E-state index contributed by atoms with van der Waals surface area (Å²) >= 11 is 0. The lowest BCUT2D eigenvalue weighted by Gasteiger charge is -1.98. The third-order valence-corrected chi connectivity index (χ3v) is 5.41. The summed E-state index contributed by atoms with van der Waals surface area (Å²) in [7, 11) is 0. The van der Waals surface area contributed by atoms with Crippen molar-refractivity contribution in [1.82, 2.24) is 0 Å². The summed E-state index contributed by atoms with van der Waals surface area (Å²) in [5.74, 6) is 0. The van der Waals surface area contributed by atoms with E-state index in [-0.39, 0.29) is 0 Å². The molecule has 0 N–H and O–H groups in total. The first kappa shape index (κ1) is 15.2. The van der Waals surface area contributed by atoms with Crippen LogP contribution in [0.1, 0.15) is 22.3 Å². The minimum absolute atomic E-state index is 1.10. The lowest BCUT2D eigenvalue weighted by atomic mass is 10.1. The zero-order valence-corrected chi connectivity index (χ0v) is 14.7. The molecule has 2 aliphatic carbocycles. The molecule has 4 aromatic carbocycles. The molecular weight excluding hydrogens is 312 g/mol. The van der Waals surface area contributed by atoms with Crippen molar-refractivity contribution < 1.29 is 0 Å². The van der Waals surface area contributed by atoms with E-state index in [0.29, 0.717) is 0 Å². The standard InChI is InChI=1S/2C13H10/c2*1-3-7-12-10(5-1)9-11-6-2-4-8-13(11)12/h2*1-8H,9H2. The molecule has 0 atom stereocenters. The highest BCUT2D eigenvalue weighted by Gasteiger charge is 2.16. The van der Waals surface area contributed by atoms with E-state index in [4.69, 9.17) is 0 Å². The predicted molar refractivity (Wildman–Crippen MR) is 109 cm³/mol. The van der Waals surface area contributed by atoms with E-state index in [1.165, 1.54) is 44.5 Å². The Morgan fingerprint density at radius 3 is 0.808 bits per heavy atom. The van der Waals surface area contributed by atoms with Gasteiger partial charge in [-0.1, -0.05) is 97.1 Å². The quantitative estimate of drug-likeness (QED) is 0.297. The summed E-state index contributed by atoms with van der Waals surface area (Å²) in [6, 6.07) is 34.6. The number of hydrogen-bond acceptors (Lipinski definition) is 0. The molecule has 0 heteroatoms. The summed E-state index contributed by atoms with van der Waals surface area (Å²) in [4.78, 5) is 0. The minimum atomic E-state index is 1.10. The van der Waals surface area contributed by atoms with Gasteiger partial charge in [-0.2, -0.15) is 0 Å². The van der Waals surface area contributed by atoms with E-state index in [9.17, 15) is 0 Å². The second kappa shape index (κ2) is 6.31. The van der Waals surface area contributed by atoms with Crippen LogP contribution in [0.3, 0.4) is 0 Å². The molecule has 0 heterocycles. The van der Waals surface area contributed by atoms with E-state index in [1.807, 2.05) is 0 Å². The lowest BCUT2D eigenvalue weighted by Crippen LogP contribution is -1.77. The third-order valence-electron chi connectivity index (χ3n) is 5.41. The molecule has 0 fully saturated rings. The topological polar surface area (TPSA) is 0 Å². The van der Waals surface area contributed by atoms with Crippen LogP contribution < -0.4 is 0 Å². The van der Waals surface area contributed by atoms with Crippen LogP contribution >= 0.6 is 0 Å². The maximum atomic E-state index is 2.22. The molecule has 0 bridgehead atoms. The average Bonchev–Trinajstić information content (AvgIpc) is 3.27. The van der Waals surface area contributed by atoms with Crippen LogP contribution in [-0.4, -0.2) is 0 Å². The van der Waals surface area contributed by atoms with Gasteiger partial charge in [0.05, 0.1) is 0 Å². The van der Waals surface area contributed by atoms with Crippen LogP contribution in [0.25, 0.3) is 22.3 Å². The van der Waals surface area contributed by atoms with Crippen molar-refractivity contribution in [2.45, 2.75) is 12.8 Å². The fourth-order valence-electron chi connectivity index (χ4n) is 4.16. The molecule has 0 saturated heterocycles. The monoisotopic (exact) mass is 332 g/mol. The summed E-state index contributed by atoms with van der Waals surface area (Å²) in [6.07, 6.45) is 2.21. The second-order valence-corrected chi connectivity index (χ2v) is 6.98. The van der Waals surface area contributed by atoms with Gasteiger partial charge in [0, 0.05) is 0 Å². The normalized spacial score (nSPS) is 12.3. The highest BCUT2D eigenvalue weighted by atomic mass is 14.2. The van der Waals surface area contributed by atoms with Gasteiger partial charge in [-0.25, -0.2) is 0 Å². The summed E-state index contributed by atoms with van der Waals surface area (Å²) in [6.45, 7) is 0. The van der Waals surface area contributed by atoms with Crippen molar-refractivity contribution in [3.8, 4) is 22.3 Å². The van der Waals surface area contributed by atoms with Crippen LogP contribution in [0, 0.1) is 0 Å². The molecule has 124 valence electrons. The van der Waals surface area contributed by atoms with Gasteiger partial charge in [-0.3, -0.25) is 0 Å². The third kappa shape index (κ3) is 2.55. The molecule has 0 aliphatic heterocycles. The fourth-order valence-corrected chi connectivity index (χ4v) is 4.16. The summed E-state index contributed by atoms with van der Waals surface area (Å²) in [5.41, 5.74) is 11.5. The van der Waals surface area contributed by atoms with Crippen LogP contribution in [0.2, 0.25) is 0 Å². The van der Waals surface area contributed by atoms with Gasteiger partial charge in [0.1, 0.15) is 0 Å². The first-order valence-corrected chi connectivity index (χ1v) is 9.22. The van der Waals surface area contributed by atoms with E-state index in [0.717, 1.165) is 12.8 Å². The Kier molecular flexibility index (Phi) is 3.68. The van der Waals surface area contributed by atoms with Gasteiger partial charge in [0.15, 0.2) is 0 Å². The molecular formula is C26H20. The Balaban J connectivity index is 0.000000115. The molecule has 0 saturated carbocycles. The SMILES string of the molecule is c1ccc2c(c1)Cc1ccccc1-2.c1ccc2c(c1)Cc1ccccc1-2. The van der Waals surface area contributed by atoms with Gasteiger partial charge in [-0.15, -0.1) is 0 Å². The molecule has 26 heavy (non-hydrogen) atoms. The van der Waals surface area contributed by atoms with Crippen LogP contribution in [0.15, 0.2) is 97.1 Å². The first-order chi connectivity index (χ1) is 12.9. The van der Waals surface area contributed by atoms with Gasteiger partial charge in [0.25, 0.3) is 0 Å². The zero-order chi connectivity index (χ0) is 17.3. The Morgan fingerprint density at radius 1 is 0.308 bits per heavy atom. The number of rotatable bonds is 0. The van der Waals surface area contributed by atoms with Crippen molar-refractivity contribution in [2.24, 2.45) is 0 Å². The highest BCUT2D eigenvalue weighted by Crippen LogP contribution is 2.36. The second-order valence-electron chi connectivity index (χ2n) is 6.98. The van der Waals surface area contributed by atoms with E-state index < -0.39 is 0 Å². The van der Waals surface area contributed by atoms with Crippen LogP contribution in [0.4, 0.5) is 0 Å². The van der Waals surface area contributed by atoms with E-state index >= 15 is 0 Å². The minimum Gasteiger partial charge on any atom is -0.0619 e. The maximum absolute atomic E-state index is 2.22. The van der Waals surface area contributed by atoms with Crippen molar-refractivity contribution >= 4 is 0 Å². The molecule has 0 radical (unpaired) electrons. The molecule has 0 nitrogen and oxygen atoms in total. The van der Waals surface area contributed by atoms with Crippen molar-refractivity contribution in [2.75, 3.05) is 0 Å². The van der Waals surface area contributed by atoms with Crippen LogP contribution in [0.5, 0.6) is 0 Å². The molecule has 4 aromatic rings. The van der Waals surface area contributed by atoms with Crippen molar-refractivity contribution in [3.05, 3.63) is 119 Å². The largest absolute Gasteiger partial charge is 0.0619 e. The number of hydrogen-bond donors (Lipinski definition) is 0. The number of fused-ring (bicyclic) bond motifs is 6. The average molecular weight is 332 g/mol. The van der Waals surface area contributed by atoms with Crippen molar-refractivity contribution in [3.63, 3.8) is 0 Å². The van der Waals surface area contributed by atoms with Gasteiger partial charge < -0.3 is 0 Å². The maximum Gasteiger partial charge on any atom is -0.00135 e. The molecule has 0 spiro atoms. The predicted octanol–water partition coefficient (Wildman–Crippen LogP) is 6.52. The Hall–Kier alpha value is -3.12. The lowest BCUT2D eigenvalue weighted by molar-refractivity contribution is 1.26. The van der Waals surface area contributed by atoms with Crippen molar-refractivity contribution in [1.29, 1.82) is 0 Å². The van der Waals surface area contributed by atoms with Gasteiger partial charge in [-0.05, 0) is 57.3 Å². The fraction of sp³-hybridized carbons (Fsp3) is 0.0769. The molecule has 0 amide bonds. The van der Waals surface area contributed by atoms with E-state index in [2.05, 4.69) is 97.1 Å². The smallest absolute Gasteiger partial charge is 0.00135 e. The van der Waals surface area contributed by atoms with Gasteiger partial charge >= 0.3 is 0 Å². The Labute approximate surface area is 154 Å². The van der Waals surface area contributed by atoms with Gasteiger partial charge in [0.2, 0.25) is 0 Å². The summed E-state index contributed by atoms with van der Waals surface area (Å²) < 4.78 is 0. The molecule has 6 rings (SSSR count). The highest BCUT2D eigenvalue weighted by molar-refractivity contribution is 5.77. The Morgan fingerprint density at radius 2 is 0.538 bits per heavy atom. The zero-order valence-electron chi connectivity index (χ0n) is 14.7. The summed E-state index contributed by atoms with van der Waals surface area (Å²) in [5, 5.41) is 0. The van der Waals surface area contributed by atoms with Crippen LogP contribution in [-0.2, 0) is 12.8 Å². The molecule has 0 aromatic heterocycles.